The highest BCUT2D eigenvalue weighted by Crippen LogP contribution is 2.23. The smallest absolute Gasteiger partial charge is 0.220 e. The maximum atomic E-state index is 12.1. The van der Waals surface area contributed by atoms with Crippen molar-refractivity contribution in [3.8, 4) is 5.69 Å². The van der Waals surface area contributed by atoms with Crippen LogP contribution < -0.4 is 5.32 Å². The molecule has 0 saturated carbocycles. The molecule has 1 saturated heterocycles. The Morgan fingerprint density at radius 1 is 1.33 bits per heavy atom. The largest absolute Gasteiger partial charge is 0.350 e. The quantitative estimate of drug-likeness (QED) is 0.889. The number of nitrogens with one attached hydrogen (secondary N) is 1. The van der Waals surface area contributed by atoms with E-state index in [1.165, 1.54) is 0 Å². The van der Waals surface area contributed by atoms with E-state index in [0.29, 0.717) is 19.3 Å². The highest BCUT2D eigenvalue weighted by Gasteiger charge is 2.39. The topological polar surface area (TPSA) is 81.1 Å². The first-order chi connectivity index (χ1) is 11.4. The minimum absolute atomic E-state index is 0.0255. The average Bonchev–Trinajstić information content (AvgIpc) is 3.10. The zero-order chi connectivity index (χ0) is 17.2. The molecule has 1 aliphatic rings. The van der Waals surface area contributed by atoms with Crippen LogP contribution in [0.25, 0.3) is 5.69 Å². The van der Waals surface area contributed by atoms with E-state index in [1.54, 1.807) is 17.8 Å². The lowest BCUT2D eigenvalue weighted by molar-refractivity contribution is -0.122. The molecule has 1 aromatic carbocycles. The molecule has 0 unspecified atom stereocenters. The van der Waals surface area contributed by atoms with Gasteiger partial charge in [-0.2, -0.15) is 5.10 Å². The van der Waals surface area contributed by atoms with Gasteiger partial charge < -0.3 is 5.32 Å². The summed E-state index contributed by atoms with van der Waals surface area (Å²) in [6.07, 6.45) is 5.02. The van der Waals surface area contributed by atoms with Crippen molar-refractivity contribution < 1.29 is 13.2 Å². The van der Waals surface area contributed by atoms with Gasteiger partial charge in [-0.25, -0.2) is 13.1 Å². The predicted octanol–water partition coefficient (Wildman–Crippen LogP) is 1.50. The summed E-state index contributed by atoms with van der Waals surface area (Å²) in [5.41, 5.74) is 1.31. The fraction of sp³-hybridized carbons (Fsp3) is 0.412. The van der Waals surface area contributed by atoms with Crippen molar-refractivity contribution >= 4 is 15.7 Å². The molecule has 0 bridgehead atoms. The van der Waals surface area contributed by atoms with Gasteiger partial charge in [0.15, 0.2) is 9.84 Å². The first kappa shape index (κ1) is 16.7. The van der Waals surface area contributed by atoms with E-state index < -0.39 is 15.4 Å². The van der Waals surface area contributed by atoms with Gasteiger partial charge in [-0.1, -0.05) is 18.2 Å². The van der Waals surface area contributed by atoms with E-state index in [2.05, 4.69) is 10.4 Å². The molecule has 1 aliphatic heterocycles. The van der Waals surface area contributed by atoms with E-state index in [1.807, 2.05) is 36.5 Å². The molecule has 1 N–H and O–H groups in total. The SMILES string of the molecule is C[C@@]1(NC(=O)CCc2cnn(-c3ccccc3)c2)CCS(=O)(=O)C1. The summed E-state index contributed by atoms with van der Waals surface area (Å²) in [5.74, 6) is 0.0488. The molecule has 24 heavy (non-hydrogen) atoms. The van der Waals surface area contributed by atoms with Crippen molar-refractivity contribution in [2.75, 3.05) is 11.5 Å². The Kier molecular flexibility index (Phi) is 4.45. The lowest BCUT2D eigenvalue weighted by Crippen LogP contribution is -2.46. The first-order valence-electron chi connectivity index (χ1n) is 7.96. The Morgan fingerprint density at radius 3 is 2.75 bits per heavy atom. The van der Waals surface area contributed by atoms with Crippen LogP contribution in [0.3, 0.4) is 0 Å². The highest BCUT2D eigenvalue weighted by molar-refractivity contribution is 7.91. The normalized spacial score (nSPS) is 22.4. The minimum Gasteiger partial charge on any atom is -0.350 e. The summed E-state index contributed by atoms with van der Waals surface area (Å²) in [6.45, 7) is 1.79. The van der Waals surface area contributed by atoms with Crippen molar-refractivity contribution in [2.45, 2.75) is 31.7 Å². The third kappa shape index (κ3) is 4.03. The second-order valence-electron chi connectivity index (χ2n) is 6.58. The van der Waals surface area contributed by atoms with Crippen LogP contribution in [0, 0.1) is 0 Å². The van der Waals surface area contributed by atoms with Crippen molar-refractivity contribution in [3.05, 3.63) is 48.3 Å². The van der Waals surface area contributed by atoms with Gasteiger partial charge in [0, 0.05) is 12.6 Å². The molecule has 1 fully saturated rings. The second-order valence-corrected chi connectivity index (χ2v) is 8.76. The van der Waals surface area contributed by atoms with Crippen molar-refractivity contribution in [3.63, 3.8) is 0 Å². The number of sulfone groups is 1. The van der Waals surface area contributed by atoms with E-state index in [9.17, 15) is 13.2 Å². The summed E-state index contributed by atoms with van der Waals surface area (Å²) in [7, 11) is -3.02. The average molecular weight is 347 g/mol. The summed E-state index contributed by atoms with van der Waals surface area (Å²) in [4.78, 5) is 12.1. The van der Waals surface area contributed by atoms with Gasteiger partial charge in [0.25, 0.3) is 0 Å². The molecule has 0 spiro atoms. The van der Waals surface area contributed by atoms with Crippen molar-refractivity contribution in [1.29, 1.82) is 0 Å². The van der Waals surface area contributed by atoms with Gasteiger partial charge in [0.1, 0.15) is 0 Å². The van der Waals surface area contributed by atoms with Gasteiger partial charge in [-0.3, -0.25) is 4.79 Å². The summed E-state index contributed by atoms with van der Waals surface area (Å²) in [6, 6.07) is 9.76. The van der Waals surface area contributed by atoms with E-state index in [-0.39, 0.29) is 17.4 Å². The molecule has 2 heterocycles. The Morgan fingerprint density at radius 2 is 2.08 bits per heavy atom. The number of carbonyl (C=O) groups excluding carboxylic acids is 1. The number of amides is 1. The van der Waals surface area contributed by atoms with Crippen LogP contribution in [0.4, 0.5) is 0 Å². The van der Waals surface area contributed by atoms with Gasteiger partial charge in [0.2, 0.25) is 5.91 Å². The van der Waals surface area contributed by atoms with Crippen molar-refractivity contribution in [2.24, 2.45) is 0 Å². The summed E-state index contributed by atoms with van der Waals surface area (Å²) in [5, 5.41) is 7.18. The molecule has 1 amide bonds. The first-order valence-corrected chi connectivity index (χ1v) is 9.78. The third-order valence-electron chi connectivity index (χ3n) is 4.24. The van der Waals surface area contributed by atoms with Gasteiger partial charge in [0.05, 0.1) is 28.9 Å². The minimum atomic E-state index is -3.02. The Hall–Kier alpha value is -2.15. The zero-order valence-corrected chi connectivity index (χ0v) is 14.4. The monoisotopic (exact) mass is 347 g/mol. The van der Waals surface area contributed by atoms with Crippen LogP contribution in [0.1, 0.15) is 25.3 Å². The number of nitrogens with zero attached hydrogens (tertiary/aromatic N) is 2. The molecular formula is C17H21N3O3S. The molecule has 1 atom stereocenters. The van der Waals surface area contributed by atoms with Crippen LogP contribution >= 0.6 is 0 Å². The van der Waals surface area contributed by atoms with Crippen LogP contribution in [0.15, 0.2) is 42.7 Å². The summed E-state index contributed by atoms with van der Waals surface area (Å²) >= 11 is 0. The number of benzene rings is 1. The standard InChI is InChI=1S/C17H21N3O3S/c1-17(9-10-24(22,23)13-17)19-16(21)8-7-14-11-18-20(12-14)15-5-3-2-4-6-15/h2-6,11-12H,7-10,13H2,1H3,(H,19,21)/t17-/m1/s1. The number of para-hydroxylation sites is 1. The molecule has 0 aliphatic carbocycles. The zero-order valence-electron chi connectivity index (χ0n) is 13.6. The molecule has 2 aromatic rings. The molecule has 7 heteroatoms. The second kappa shape index (κ2) is 6.39. The number of rotatable bonds is 5. The molecule has 0 radical (unpaired) electrons. The molecule has 3 rings (SSSR count). The van der Waals surface area contributed by atoms with E-state index in [4.69, 9.17) is 0 Å². The van der Waals surface area contributed by atoms with Gasteiger partial charge >= 0.3 is 0 Å². The van der Waals surface area contributed by atoms with Gasteiger partial charge in [-0.15, -0.1) is 0 Å². The number of aryl methyl sites for hydroxylation is 1. The highest BCUT2D eigenvalue weighted by atomic mass is 32.2. The lowest BCUT2D eigenvalue weighted by Gasteiger charge is -2.23. The number of aromatic nitrogens is 2. The number of hydrogen-bond acceptors (Lipinski definition) is 4. The van der Waals surface area contributed by atoms with Gasteiger partial charge in [-0.05, 0) is 37.5 Å². The molecular weight excluding hydrogens is 326 g/mol. The van der Waals surface area contributed by atoms with E-state index >= 15 is 0 Å². The fourth-order valence-electron chi connectivity index (χ4n) is 2.98. The van der Waals surface area contributed by atoms with Crippen LogP contribution in [0.5, 0.6) is 0 Å². The predicted molar refractivity (Wildman–Crippen MR) is 91.7 cm³/mol. The number of carbonyl (C=O) groups is 1. The fourth-order valence-corrected chi connectivity index (χ4v) is 5.07. The van der Waals surface area contributed by atoms with E-state index in [0.717, 1.165) is 11.3 Å². The lowest BCUT2D eigenvalue weighted by atomic mass is 10.0. The third-order valence-corrected chi connectivity index (χ3v) is 6.15. The maximum absolute atomic E-state index is 12.1. The molecule has 128 valence electrons. The molecule has 6 nitrogen and oxygen atoms in total. The summed E-state index contributed by atoms with van der Waals surface area (Å²) < 4.78 is 24.9. The van der Waals surface area contributed by atoms with Crippen LogP contribution in [-0.2, 0) is 21.1 Å². The van der Waals surface area contributed by atoms with Crippen LogP contribution in [0.2, 0.25) is 0 Å². The van der Waals surface area contributed by atoms with Crippen LogP contribution in [-0.4, -0.2) is 41.2 Å². The Bertz CT molecular complexity index is 830. The Labute approximate surface area is 141 Å². The Balaban J connectivity index is 1.55. The molecule has 1 aromatic heterocycles. The maximum Gasteiger partial charge on any atom is 0.220 e. The van der Waals surface area contributed by atoms with Crippen molar-refractivity contribution in [1.82, 2.24) is 15.1 Å². The number of hydrogen-bond donors (Lipinski definition) is 1.